The molecule has 0 fully saturated rings. The summed E-state index contributed by atoms with van der Waals surface area (Å²) in [5, 5.41) is 3.46. The predicted molar refractivity (Wildman–Crippen MR) is 81.3 cm³/mol. The molecular formula is C15H17BrN2O. The first-order chi connectivity index (χ1) is 9.31. The maximum atomic E-state index is 5.24. The standard InChI is InChI=1S/C15H17BrN2O/c1-19-11-13-14(16)3-2-4-15(13)18-10-7-12-5-8-17-9-6-12/h2-6,8-9,18H,7,10-11H2,1H3. The molecule has 1 N–H and O–H groups in total. The van der Waals surface area contributed by atoms with Crippen molar-refractivity contribution in [1.82, 2.24) is 4.98 Å². The quantitative estimate of drug-likeness (QED) is 0.882. The van der Waals surface area contributed by atoms with E-state index in [0.29, 0.717) is 6.61 Å². The van der Waals surface area contributed by atoms with E-state index in [9.17, 15) is 0 Å². The van der Waals surface area contributed by atoms with Gasteiger partial charge in [0.25, 0.3) is 0 Å². The van der Waals surface area contributed by atoms with Crippen molar-refractivity contribution >= 4 is 21.6 Å². The van der Waals surface area contributed by atoms with Crippen molar-refractivity contribution in [2.75, 3.05) is 19.0 Å². The van der Waals surface area contributed by atoms with Gasteiger partial charge in [-0.15, -0.1) is 0 Å². The lowest BCUT2D eigenvalue weighted by Crippen LogP contribution is -2.07. The Morgan fingerprint density at radius 2 is 2.00 bits per heavy atom. The molecular weight excluding hydrogens is 304 g/mol. The van der Waals surface area contributed by atoms with Crippen LogP contribution < -0.4 is 5.32 Å². The van der Waals surface area contributed by atoms with E-state index in [1.54, 1.807) is 7.11 Å². The molecule has 2 rings (SSSR count). The molecule has 19 heavy (non-hydrogen) atoms. The summed E-state index contributed by atoms with van der Waals surface area (Å²) in [4.78, 5) is 4.02. The van der Waals surface area contributed by atoms with Gasteiger partial charge in [-0.25, -0.2) is 0 Å². The maximum Gasteiger partial charge on any atom is 0.0744 e. The third-order valence-electron chi connectivity index (χ3n) is 2.89. The number of benzene rings is 1. The first-order valence-electron chi connectivity index (χ1n) is 6.20. The van der Waals surface area contributed by atoms with Crippen LogP contribution in [0.1, 0.15) is 11.1 Å². The number of aromatic nitrogens is 1. The molecule has 1 heterocycles. The zero-order valence-electron chi connectivity index (χ0n) is 10.9. The fourth-order valence-corrected chi connectivity index (χ4v) is 2.39. The third-order valence-corrected chi connectivity index (χ3v) is 3.63. The Hall–Kier alpha value is -1.39. The molecule has 0 spiro atoms. The second kappa shape index (κ2) is 7.26. The molecule has 100 valence electrons. The van der Waals surface area contributed by atoms with Crippen molar-refractivity contribution in [1.29, 1.82) is 0 Å². The molecule has 1 aromatic carbocycles. The lowest BCUT2D eigenvalue weighted by Gasteiger charge is -2.13. The highest BCUT2D eigenvalue weighted by Gasteiger charge is 2.05. The van der Waals surface area contributed by atoms with Crippen molar-refractivity contribution < 1.29 is 4.74 Å². The number of ether oxygens (including phenoxy) is 1. The van der Waals surface area contributed by atoms with Crippen LogP contribution >= 0.6 is 15.9 Å². The Morgan fingerprint density at radius 3 is 2.74 bits per heavy atom. The third kappa shape index (κ3) is 4.04. The normalized spacial score (nSPS) is 10.4. The van der Waals surface area contributed by atoms with Crippen molar-refractivity contribution in [2.45, 2.75) is 13.0 Å². The average molecular weight is 321 g/mol. The summed E-state index contributed by atoms with van der Waals surface area (Å²) in [7, 11) is 1.71. The predicted octanol–water partition coefficient (Wildman–Crippen LogP) is 3.65. The number of anilines is 1. The molecule has 0 bridgehead atoms. The van der Waals surface area contributed by atoms with E-state index >= 15 is 0 Å². The first-order valence-corrected chi connectivity index (χ1v) is 6.99. The van der Waals surface area contributed by atoms with Gasteiger partial charge in [-0.3, -0.25) is 4.98 Å². The van der Waals surface area contributed by atoms with E-state index in [2.05, 4.69) is 32.3 Å². The van der Waals surface area contributed by atoms with Gasteiger partial charge >= 0.3 is 0 Å². The van der Waals surface area contributed by atoms with E-state index in [0.717, 1.165) is 28.7 Å². The summed E-state index contributed by atoms with van der Waals surface area (Å²) in [6, 6.07) is 10.2. The molecule has 0 radical (unpaired) electrons. The molecule has 0 aliphatic carbocycles. The van der Waals surface area contributed by atoms with Crippen LogP contribution in [0.4, 0.5) is 5.69 Å². The minimum Gasteiger partial charge on any atom is -0.384 e. The van der Waals surface area contributed by atoms with Gasteiger partial charge in [-0.2, -0.15) is 0 Å². The number of pyridine rings is 1. The van der Waals surface area contributed by atoms with Crippen LogP contribution in [-0.2, 0) is 17.8 Å². The van der Waals surface area contributed by atoms with Gasteiger partial charge < -0.3 is 10.1 Å². The molecule has 2 aromatic rings. The van der Waals surface area contributed by atoms with Crippen LogP contribution in [0.3, 0.4) is 0 Å². The highest BCUT2D eigenvalue weighted by Crippen LogP contribution is 2.25. The van der Waals surface area contributed by atoms with Gasteiger partial charge in [0.2, 0.25) is 0 Å². The summed E-state index contributed by atoms with van der Waals surface area (Å²) >= 11 is 3.56. The van der Waals surface area contributed by atoms with Crippen molar-refractivity contribution in [3.63, 3.8) is 0 Å². The molecule has 1 aromatic heterocycles. The van der Waals surface area contributed by atoms with Gasteiger partial charge in [0.05, 0.1) is 6.61 Å². The van der Waals surface area contributed by atoms with Crippen molar-refractivity contribution in [3.8, 4) is 0 Å². The van der Waals surface area contributed by atoms with E-state index in [4.69, 9.17) is 4.74 Å². The molecule has 3 nitrogen and oxygen atoms in total. The van der Waals surface area contributed by atoms with Gasteiger partial charge in [0.15, 0.2) is 0 Å². The molecule has 4 heteroatoms. The molecule has 0 atom stereocenters. The molecule has 0 aliphatic rings. The fourth-order valence-electron chi connectivity index (χ4n) is 1.91. The Bertz CT molecular complexity index is 517. The highest BCUT2D eigenvalue weighted by atomic mass is 79.9. The van der Waals surface area contributed by atoms with Gasteiger partial charge in [0, 0.05) is 41.8 Å². The Labute approximate surface area is 122 Å². The van der Waals surface area contributed by atoms with Gasteiger partial charge in [-0.05, 0) is 36.2 Å². The van der Waals surface area contributed by atoms with Crippen LogP contribution in [0.2, 0.25) is 0 Å². The topological polar surface area (TPSA) is 34.1 Å². The van der Waals surface area contributed by atoms with E-state index in [1.165, 1.54) is 5.56 Å². The van der Waals surface area contributed by atoms with Crippen LogP contribution in [0, 0.1) is 0 Å². The largest absolute Gasteiger partial charge is 0.384 e. The Kier molecular flexibility index (Phi) is 5.36. The minimum absolute atomic E-state index is 0.596. The SMILES string of the molecule is COCc1c(Br)cccc1NCCc1ccncc1. The zero-order chi connectivity index (χ0) is 13.5. The zero-order valence-corrected chi connectivity index (χ0v) is 12.5. The highest BCUT2D eigenvalue weighted by molar-refractivity contribution is 9.10. The average Bonchev–Trinajstić information content (AvgIpc) is 2.44. The van der Waals surface area contributed by atoms with Crippen molar-refractivity contribution in [3.05, 3.63) is 58.3 Å². The van der Waals surface area contributed by atoms with Gasteiger partial charge in [-0.1, -0.05) is 22.0 Å². The van der Waals surface area contributed by atoms with Crippen LogP contribution in [-0.4, -0.2) is 18.6 Å². The number of nitrogens with zero attached hydrogens (tertiary/aromatic N) is 1. The number of methoxy groups -OCH3 is 1. The number of hydrogen-bond acceptors (Lipinski definition) is 3. The number of halogens is 1. The molecule has 0 aliphatic heterocycles. The maximum absolute atomic E-state index is 5.24. The van der Waals surface area contributed by atoms with Gasteiger partial charge in [0.1, 0.15) is 0 Å². The molecule has 0 saturated heterocycles. The van der Waals surface area contributed by atoms with Crippen LogP contribution in [0.15, 0.2) is 47.2 Å². The summed E-state index contributed by atoms with van der Waals surface area (Å²) in [5.74, 6) is 0. The summed E-state index contributed by atoms with van der Waals surface area (Å²) in [6.07, 6.45) is 4.62. The lowest BCUT2D eigenvalue weighted by molar-refractivity contribution is 0.185. The smallest absolute Gasteiger partial charge is 0.0744 e. The summed E-state index contributed by atoms with van der Waals surface area (Å²) in [6.45, 7) is 1.48. The lowest BCUT2D eigenvalue weighted by atomic mass is 10.1. The summed E-state index contributed by atoms with van der Waals surface area (Å²) in [5.41, 5.74) is 3.55. The fraction of sp³-hybridized carbons (Fsp3) is 0.267. The molecule has 0 amide bonds. The Morgan fingerprint density at radius 1 is 1.21 bits per heavy atom. The van der Waals surface area contributed by atoms with Crippen molar-refractivity contribution in [2.24, 2.45) is 0 Å². The number of nitrogens with one attached hydrogen (secondary N) is 1. The van der Waals surface area contributed by atoms with E-state index < -0.39 is 0 Å². The molecule has 0 saturated carbocycles. The summed E-state index contributed by atoms with van der Waals surface area (Å²) < 4.78 is 6.31. The van der Waals surface area contributed by atoms with E-state index in [-0.39, 0.29) is 0 Å². The second-order valence-corrected chi connectivity index (χ2v) is 5.09. The number of hydrogen-bond donors (Lipinski definition) is 1. The first kappa shape index (κ1) is 14.0. The van der Waals surface area contributed by atoms with Crippen LogP contribution in [0.5, 0.6) is 0 Å². The second-order valence-electron chi connectivity index (χ2n) is 4.23. The van der Waals surface area contributed by atoms with E-state index in [1.807, 2.05) is 36.7 Å². The monoisotopic (exact) mass is 320 g/mol. The Balaban J connectivity index is 1.97. The minimum atomic E-state index is 0.596. The number of rotatable bonds is 6. The van der Waals surface area contributed by atoms with Crippen LogP contribution in [0.25, 0.3) is 0 Å². The molecule has 0 unspecified atom stereocenters.